The van der Waals surface area contributed by atoms with E-state index in [1.807, 2.05) is 54.6 Å². The molecule has 4 heteroatoms. The van der Waals surface area contributed by atoms with Crippen LogP contribution in [0.4, 0.5) is 5.69 Å². The maximum atomic E-state index is 12.2. The Hall–Kier alpha value is -5.48. The molecule has 7 aromatic carbocycles. The maximum Gasteiger partial charge on any atom is 0.277 e. The minimum absolute atomic E-state index is 0.0942. The van der Waals surface area contributed by atoms with Crippen LogP contribution in [-0.2, 0) is 0 Å². The number of nitrogens with zero attached hydrogens (tertiary/aromatic N) is 2. The van der Waals surface area contributed by atoms with Gasteiger partial charge in [-0.1, -0.05) is 103 Å². The number of nitro groups is 1. The van der Waals surface area contributed by atoms with Crippen LogP contribution in [0.15, 0.2) is 133 Å². The first-order chi connectivity index (χ1) is 19.7. The lowest BCUT2D eigenvalue weighted by Crippen LogP contribution is -1.98. The third-order valence-electron chi connectivity index (χ3n) is 8.06. The summed E-state index contributed by atoms with van der Waals surface area (Å²) in [6.45, 7) is 0. The third-order valence-corrected chi connectivity index (χ3v) is 8.06. The van der Waals surface area contributed by atoms with Gasteiger partial charge in [-0.15, -0.1) is 0 Å². The van der Waals surface area contributed by atoms with Gasteiger partial charge in [0, 0.05) is 22.5 Å². The van der Waals surface area contributed by atoms with Crippen molar-refractivity contribution in [2.45, 2.75) is 0 Å². The normalized spacial score (nSPS) is 11.7. The average molecular weight is 515 g/mol. The molecule has 0 fully saturated rings. The van der Waals surface area contributed by atoms with Crippen molar-refractivity contribution in [3.05, 3.63) is 144 Å². The van der Waals surface area contributed by atoms with Crippen LogP contribution >= 0.6 is 0 Å². The van der Waals surface area contributed by atoms with Gasteiger partial charge in [-0.25, -0.2) is 0 Å². The summed E-state index contributed by atoms with van der Waals surface area (Å²) in [6.07, 6.45) is 0. The zero-order valence-electron chi connectivity index (χ0n) is 21.4. The molecule has 0 atom stereocenters. The molecule has 1 heterocycles. The molecule has 0 bridgehead atoms. The van der Waals surface area contributed by atoms with Gasteiger partial charge in [0.15, 0.2) is 0 Å². The van der Waals surface area contributed by atoms with E-state index in [0.717, 1.165) is 33.1 Å². The Balaban J connectivity index is 1.52. The molecular weight excluding hydrogens is 492 g/mol. The minimum Gasteiger partial charge on any atom is -0.309 e. The van der Waals surface area contributed by atoms with Crippen molar-refractivity contribution >= 4 is 59.8 Å². The van der Waals surface area contributed by atoms with Crippen LogP contribution in [0.2, 0.25) is 0 Å². The number of fused-ring (bicyclic) bond motifs is 8. The molecule has 1 aromatic heterocycles. The van der Waals surface area contributed by atoms with Crippen molar-refractivity contribution in [1.29, 1.82) is 0 Å². The molecule has 40 heavy (non-hydrogen) atoms. The van der Waals surface area contributed by atoms with E-state index >= 15 is 0 Å². The monoisotopic (exact) mass is 514 g/mol. The molecule has 0 aliphatic heterocycles. The predicted molar refractivity (Wildman–Crippen MR) is 165 cm³/mol. The Morgan fingerprint density at radius 2 is 1.02 bits per heavy atom. The topological polar surface area (TPSA) is 48.1 Å². The summed E-state index contributed by atoms with van der Waals surface area (Å²) in [4.78, 5) is 12.0. The van der Waals surface area contributed by atoms with Gasteiger partial charge in [0.05, 0.1) is 21.5 Å². The highest BCUT2D eigenvalue weighted by atomic mass is 16.6. The van der Waals surface area contributed by atoms with Gasteiger partial charge in [-0.2, -0.15) is 0 Å². The number of rotatable bonds is 3. The van der Waals surface area contributed by atoms with Crippen LogP contribution in [0.3, 0.4) is 0 Å². The van der Waals surface area contributed by atoms with Crippen LogP contribution in [0.5, 0.6) is 0 Å². The maximum absolute atomic E-state index is 12.2. The van der Waals surface area contributed by atoms with Gasteiger partial charge in [0.2, 0.25) is 0 Å². The summed E-state index contributed by atoms with van der Waals surface area (Å²) in [5.74, 6) is 0. The van der Waals surface area contributed by atoms with Crippen LogP contribution in [0.1, 0.15) is 0 Å². The number of benzene rings is 7. The van der Waals surface area contributed by atoms with E-state index in [2.05, 4.69) is 77.4 Å². The number of hydrogen-bond donors (Lipinski definition) is 0. The summed E-state index contributed by atoms with van der Waals surface area (Å²) < 4.78 is 2.25. The second-order valence-corrected chi connectivity index (χ2v) is 10.2. The van der Waals surface area contributed by atoms with E-state index in [9.17, 15) is 10.1 Å². The number of nitro benzene ring substituents is 1. The largest absolute Gasteiger partial charge is 0.309 e. The predicted octanol–water partition coefficient (Wildman–Crippen LogP) is 9.82. The van der Waals surface area contributed by atoms with Gasteiger partial charge in [0.1, 0.15) is 0 Å². The first-order valence-corrected chi connectivity index (χ1v) is 13.3. The van der Waals surface area contributed by atoms with Gasteiger partial charge in [-0.3, -0.25) is 10.1 Å². The number of hydrogen-bond acceptors (Lipinski definition) is 2. The zero-order valence-corrected chi connectivity index (χ0v) is 21.4. The Morgan fingerprint density at radius 3 is 1.62 bits per heavy atom. The molecule has 0 saturated carbocycles. The summed E-state index contributed by atoms with van der Waals surface area (Å²) in [5.41, 5.74) is 4.58. The fourth-order valence-corrected chi connectivity index (χ4v) is 6.32. The van der Waals surface area contributed by atoms with E-state index in [1.165, 1.54) is 32.3 Å². The second kappa shape index (κ2) is 8.52. The molecule has 8 rings (SSSR count). The highest BCUT2D eigenvalue weighted by Crippen LogP contribution is 2.42. The molecule has 0 spiro atoms. The molecule has 4 nitrogen and oxygen atoms in total. The van der Waals surface area contributed by atoms with Gasteiger partial charge >= 0.3 is 0 Å². The molecule has 0 unspecified atom stereocenters. The van der Waals surface area contributed by atoms with Crippen molar-refractivity contribution < 1.29 is 4.92 Å². The quantitative estimate of drug-likeness (QED) is 0.174. The molecule has 8 aromatic rings. The molecule has 0 aliphatic carbocycles. The van der Waals surface area contributed by atoms with Crippen LogP contribution < -0.4 is 0 Å². The molecular formula is C36H22N2O2. The van der Waals surface area contributed by atoms with Crippen molar-refractivity contribution in [3.63, 3.8) is 0 Å². The molecule has 188 valence electrons. The van der Waals surface area contributed by atoms with E-state index in [0.29, 0.717) is 5.56 Å². The van der Waals surface area contributed by atoms with E-state index in [-0.39, 0.29) is 10.6 Å². The average Bonchev–Trinajstić information content (AvgIpc) is 3.36. The van der Waals surface area contributed by atoms with Gasteiger partial charge in [-0.05, 0) is 62.1 Å². The summed E-state index contributed by atoms with van der Waals surface area (Å²) >= 11 is 0. The summed E-state index contributed by atoms with van der Waals surface area (Å²) in [7, 11) is 0. The Labute approximate surface area is 229 Å². The van der Waals surface area contributed by atoms with Crippen LogP contribution in [0, 0.1) is 10.1 Å². The van der Waals surface area contributed by atoms with Crippen LogP contribution in [-0.4, -0.2) is 9.49 Å². The SMILES string of the molecule is O=[N+]([O-])c1ccc(-n2c3ccc4ccccc4c3c3c4ccccc4ccc32)cc1-c1cccc2ccccc12. The molecule has 0 amide bonds. The lowest BCUT2D eigenvalue weighted by atomic mass is 9.96. The van der Waals surface area contributed by atoms with Crippen molar-refractivity contribution in [3.8, 4) is 16.8 Å². The molecule has 0 radical (unpaired) electrons. The van der Waals surface area contributed by atoms with Crippen molar-refractivity contribution in [2.75, 3.05) is 0 Å². The Bertz CT molecular complexity index is 2210. The smallest absolute Gasteiger partial charge is 0.277 e. The molecule has 0 N–H and O–H groups in total. The third kappa shape index (κ3) is 3.20. The Morgan fingerprint density at radius 1 is 0.500 bits per heavy atom. The highest BCUT2D eigenvalue weighted by Gasteiger charge is 2.21. The number of aromatic nitrogens is 1. The fourth-order valence-electron chi connectivity index (χ4n) is 6.32. The second-order valence-electron chi connectivity index (χ2n) is 10.2. The van der Waals surface area contributed by atoms with Crippen LogP contribution in [0.25, 0.3) is 70.9 Å². The lowest BCUT2D eigenvalue weighted by molar-refractivity contribution is -0.384. The summed E-state index contributed by atoms with van der Waals surface area (Å²) in [6, 6.07) is 45.1. The van der Waals surface area contributed by atoms with E-state index in [1.54, 1.807) is 6.07 Å². The standard InChI is InChI=1S/C36H22N2O2/c39-38(40)32-21-18-26(22-31(32)30-15-7-11-23-8-1-4-12-27(23)30)37-33-19-16-24-9-2-5-13-28(24)35(33)36-29-14-6-3-10-25(29)17-20-34(36)37/h1-22H. The van der Waals surface area contributed by atoms with Crippen molar-refractivity contribution in [1.82, 2.24) is 4.57 Å². The first-order valence-electron chi connectivity index (χ1n) is 13.3. The highest BCUT2D eigenvalue weighted by molar-refractivity contribution is 6.28. The van der Waals surface area contributed by atoms with Gasteiger partial charge < -0.3 is 4.57 Å². The Kier molecular flexibility index (Phi) is 4.79. The lowest BCUT2D eigenvalue weighted by Gasteiger charge is -2.13. The molecule has 0 aliphatic rings. The fraction of sp³-hybridized carbons (Fsp3) is 0. The van der Waals surface area contributed by atoms with Crippen molar-refractivity contribution in [2.24, 2.45) is 0 Å². The first kappa shape index (κ1) is 22.5. The molecule has 0 saturated heterocycles. The van der Waals surface area contributed by atoms with Gasteiger partial charge in [0.25, 0.3) is 5.69 Å². The van der Waals surface area contributed by atoms with E-state index in [4.69, 9.17) is 0 Å². The zero-order chi connectivity index (χ0) is 26.8. The minimum atomic E-state index is -0.284. The van der Waals surface area contributed by atoms with E-state index < -0.39 is 0 Å². The summed E-state index contributed by atoms with van der Waals surface area (Å²) in [5, 5.41) is 21.4.